The molecule has 0 radical (unpaired) electrons. The van der Waals surface area contributed by atoms with Gasteiger partial charge in [-0.3, -0.25) is 4.79 Å². The highest BCUT2D eigenvalue weighted by molar-refractivity contribution is 5.80. The van der Waals surface area contributed by atoms with Crippen LogP contribution in [0.2, 0.25) is 0 Å². The summed E-state index contributed by atoms with van der Waals surface area (Å²) in [5.74, 6) is -2.49. The first kappa shape index (κ1) is 23.2. The number of alkyl halides is 3. The number of urea groups is 1. The second-order valence-electron chi connectivity index (χ2n) is 7.83. The van der Waals surface area contributed by atoms with Crippen LogP contribution in [0.15, 0.2) is 0 Å². The second kappa shape index (κ2) is 9.64. The molecule has 8 nitrogen and oxygen atoms in total. The highest BCUT2D eigenvalue weighted by Crippen LogP contribution is 2.32. The molecule has 0 aliphatic carbocycles. The maximum Gasteiger partial charge on any atom is 0.490 e. The Hall–Kier alpha value is -2.04. The van der Waals surface area contributed by atoms with E-state index in [-0.39, 0.29) is 24.0 Å². The van der Waals surface area contributed by atoms with Crippen molar-refractivity contribution in [2.24, 2.45) is 0 Å². The number of nitrogens with zero attached hydrogens (tertiary/aromatic N) is 4. The molecule has 0 saturated carbocycles. The van der Waals surface area contributed by atoms with E-state index in [9.17, 15) is 22.8 Å². The third-order valence-corrected chi connectivity index (χ3v) is 5.54. The zero-order valence-corrected chi connectivity index (χ0v) is 16.8. The molecule has 11 heteroatoms. The normalized spacial score (nSPS) is 24.5. The van der Waals surface area contributed by atoms with Gasteiger partial charge in [0.25, 0.3) is 0 Å². The first-order chi connectivity index (χ1) is 13.5. The van der Waals surface area contributed by atoms with E-state index in [0.29, 0.717) is 6.42 Å². The summed E-state index contributed by atoms with van der Waals surface area (Å²) in [6.07, 6.45) is -0.481. The van der Waals surface area contributed by atoms with E-state index in [2.05, 4.69) is 4.90 Å². The fraction of sp³-hybridized carbons (Fsp3) is 0.833. The minimum absolute atomic E-state index is 0.201. The van der Waals surface area contributed by atoms with Gasteiger partial charge >= 0.3 is 18.2 Å². The molecule has 29 heavy (non-hydrogen) atoms. The van der Waals surface area contributed by atoms with E-state index in [0.717, 1.165) is 58.4 Å². The average molecular weight is 422 g/mol. The predicted octanol–water partition coefficient (Wildman–Crippen LogP) is 1.46. The molecule has 166 valence electrons. The number of fused-ring (bicyclic) bond motifs is 1. The number of carboxylic acids is 1. The SMILES string of the molecule is CN(C)CCN1C(=O)CC[C@@H]2[C@H]1CCN2C(=O)N1CCCC1.O=C(O)C(F)(F)F. The van der Waals surface area contributed by atoms with Gasteiger partial charge in [0.05, 0.1) is 12.1 Å². The van der Waals surface area contributed by atoms with Gasteiger partial charge in [-0.2, -0.15) is 13.2 Å². The number of hydrogen-bond acceptors (Lipinski definition) is 4. The quantitative estimate of drug-likeness (QED) is 0.745. The van der Waals surface area contributed by atoms with E-state index in [4.69, 9.17) is 9.90 Å². The molecule has 3 aliphatic heterocycles. The van der Waals surface area contributed by atoms with Crippen LogP contribution in [-0.2, 0) is 9.59 Å². The minimum atomic E-state index is -5.08. The Morgan fingerprint density at radius 1 is 1.10 bits per heavy atom. The molecular weight excluding hydrogens is 393 g/mol. The molecule has 2 atom stereocenters. The Balaban J connectivity index is 0.000000370. The topological polar surface area (TPSA) is 84.4 Å². The van der Waals surface area contributed by atoms with Gasteiger partial charge in [-0.25, -0.2) is 9.59 Å². The monoisotopic (exact) mass is 422 g/mol. The third kappa shape index (κ3) is 5.97. The van der Waals surface area contributed by atoms with Crippen LogP contribution in [-0.4, -0.2) is 108 Å². The van der Waals surface area contributed by atoms with Gasteiger partial charge in [-0.15, -0.1) is 0 Å². The lowest BCUT2D eigenvalue weighted by molar-refractivity contribution is -0.192. The number of aliphatic carboxylic acids is 1. The van der Waals surface area contributed by atoms with Gasteiger partial charge in [-0.1, -0.05) is 0 Å². The minimum Gasteiger partial charge on any atom is -0.475 e. The van der Waals surface area contributed by atoms with Gasteiger partial charge in [-0.05, 0) is 39.8 Å². The van der Waals surface area contributed by atoms with Crippen LogP contribution in [0.5, 0.6) is 0 Å². The van der Waals surface area contributed by atoms with Crippen molar-refractivity contribution in [3.8, 4) is 0 Å². The van der Waals surface area contributed by atoms with Crippen molar-refractivity contribution in [2.45, 2.75) is 50.4 Å². The Bertz CT molecular complexity index is 608. The van der Waals surface area contributed by atoms with Crippen molar-refractivity contribution in [3.63, 3.8) is 0 Å². The molecule has 0 bridgehead atoms. The van der Waals surface area contributed by atoms with Crippen molar-refractivity contribution < 1.29 is 32.7 Å². The van der Waals surface area contributed by atoms with Crippen molar-refractivity contribution in [1.82, 2.24) is 19.6 Å². The van der Waals surface area contributed by atoms with Gasteiger partial charge in [0.1, 0.15) is 0 Å². The van der Waals surface area contributed by atoms with Crippen molar-refractivity contribution in [2.75, 3.05) is 46.8 Å². The summed E-state index contributed by atoms with van der Waals surface area (Å²) < 4.78 is 31.7. The molecule has 3 heterocycles. The van der Waals surface area contributed by atoms with Crippen LogP contribution >= 0.6 is 0 Å². The van der Waals surface area contributed by atoms with E-state index in [1.165, 1.54) is 0 Å². The lowest BCUT2D eigenvalue weighted by Crippen LogP contribution is -2.55. The lowest BCUT2D eigenvalue weighted by atomic mass is 9.96. The largest absolute Gasteiger partial charge is 0.490 e. The highest BCUT2D eigenvalue weighted by atomic mass is 19.4. The smallest absolute Gasteiger partial charge is 0.475 e. The molecule has 3 fully saturated rings. The molecular formula is C18H29F3N4O4. The van der Waals surface area contributed by atoms with Crippen molar-refractivity contribution in [1.29, 1.82) is 0 Å². The van der Waals surface area contributed by atoms with Crippen molar-refractivity contribution in [3.05, 3.63) is 0 Å². The van der Waals surface area contributed by atoms with E-state index in [1.807, 2.05) is 28.8 Å². The molecule has 0 unspecified atom stereocenters. The Morgan fingerprint density at radius 3 is 2.21 bits per heavy atom. The van der Waals surface area contributed by atoms with E-state index < -0.39 is 12.1 Å². The van der Waals surface area contributed by atoms with Gasteiger partial charge in [0.2, 0.25) is 5.91 Å². The Labute approximate surface area is 168 Å². The van der Waals surface area contributed by atoms with Crippen LogP contribution < -0.4 is 0 Å². The molecule has 3 saturated heterocycles. The number of halogens is 3. The maximum absolute atomic E-state index is 12.7. The van der Waals surface area contributed by atoms with Crippen molar-refractivity contribution >= 4 is 17.9 Å². The Morgan fingerprint density at radius 2 is 1.69 bits per heavy atom. The fourth-order valence-electron chi connectivity index (χ4n) is 4.07. The number of amides is 3. The number of likely N-dealkylation sites (tertiary alicyclic amines) is 3. The average Bonchev–Trinajstić information content (AvgIpc) is 3.29. The summed E-state index contributed by atoms with van der Waals surface area (Å²) in [6.45, 7) is 4.26. The summed E-state index contributed by atoms with van der Waals surface area (Å²) >= 11 is 0. The van der Waals surface area contributed by atoms with E-state index >= 15 is 0 Å². The fourth-order valence-corrected chi connectivity index (χ4v) is 4.07. The second-order valence-corrected chi connectivity index (χ2v) is 7.83. The number of carbonyl (C=O) groups is 3. The van der Waals surface area contributed by atoms with Crippen LogP contribution in [0.25, 0.3) is 0 Å². The number of piperidine rings is 1. The van der Waals surface area contributed by atoms with Crippen LogP contribution in [0, 0.1) is 0 Å². The number of carboxylic acid groups (broad SMARTS) is 1. The van der Waals surface area contributed by atoms with Gasteiger partial charge in [0.15, 0.2) is 0 Å². The molecule has 3 aliphatic rings. The maximum atomic E-state index is 12.7. The van der Waals surface area contributed by atoms with Crippen LogP contribution in [0.4, 0.5) is 18.0 Å². The van der Waals surface area contributed by atoms with E-state index in [1.54, 1.807) is 0 Å². The predicted molar refractivity (Wildman–Crippen MR) is 98.3 cm³/mol. The summed E-state index contributed by atoms with van der Waals surface area (Å²) in [5, 5.41) is 7.12. The molecule has 3 rings (SSSR count). The Kier molecular flexibility index (Phi) is 7.73. The number of hydrogen-bond donors (Lipinski definition) is 1. The van der Waals surface area contributed by atoms with Gasteiger partial charge < -0.3 is 24.7 Å². The number of rotatable bonds is 3. The summed E-state index contributed by atoms with van der Waals surface area (Å²) in [6, 6.07) is 0.660. The summed E-state index contributed by atoms with van der Waals surface area (Å²) in [5.41, 5.74) is 0. The summed E-state index contributed by atoms with van der Waals surface area (Å²) in [4.78, 5) is 42.0. The molecule has 0 aromatic carbocycles. The van der Waals surface area contributed by atoms with Crippen LogP contribution in [0.3, 0.4) is 0 Å². The molecule has 0 spiro atoms. The molecule has 1 N–H and O–H groups in total. The third-order valence-electron chi connectivity index (χ3n) is 5.54. The molecule has 0 aromatic rings. The zero-order valence-electron chi connectivity index (χ0n) is 16.8. The highest BCUT2D eigenvalue weighted by Gasteiger charge is 2.45. The zero-order chi connectivity index (χ0) is 21.8. The summed E-state index contributed by atoms with van der Waals surface area (Å²) in [7, 11) is 4.06. The first-order valence-corrected chi connectivity index (χ1v) is 9.82. The number of likely N-dealkylation sites (N-methyl/N-ethyl adjacent to an activating group) is 1. The number of carbonyl (C=O) groups excluding carboxylic acids is 2. The first-order valence-electron chi connectivity index (χ1n) is 9.82. The van der Waals surface area contributed by atoms with Crippen LogP contribution in [0.1, 0.15) is 32.1 Å². The molecule has 3 amide bonds. The standard InChI is InChI=1S/C16H28N4O2.C2HF3O2/c1-17(2)11-12-19-14-7-10-20(13(14)5-6-15(19)21)16(22)18-8-3-4-9-18;3-2(4,5)1(6)7/h13-14H,3-12H2,1-2H3;(H,6,7)/t13-,14-;/m1./s1. The lowest BCUT2D eigenvalue weighted by Gasteiger charge is -2.40. The molecule has 0 aromatic heterocycles. The van der Waals surface area contributed by atoms with Gasteiger partial charge in [0, 0.05) is 39.1 Å².